The fourth-order valence-corrected chi connectivity index (χ4v) is 2.68. The zero-order valence-electron chi connectivity index (χ0n) is 15.5. The van der Waals surface area contributed by atoms with Crippen molar-refractivity contribution in [2.75, 3.05) is 6.61 Å². The summed E-state index contributed by atoms with van der Waals surface area (Å²) in [7, 11) is 0. The van der Waals surface area contributed by atoms with Gasteiger partial charge in [0.1, 0.15) is 5.75 Å². The number of benzene rings is 1. The number of carbonyl (C=O) groups is 1. The summed E-state index contributed by atoms with van der Waals surface area (Å²) in [5.74, 6) is -0.201. The van der Waals surface area contributed by atoms with Gasteiger partial charge >= 0.3 is 5.97 Å². The molecule has 0 atom stereocenters. The van der Waals surface area contributed by atoms with Gasteiger partial charge in [0.15, 0.2) is 0 Å². The Hall–Kier alpha value is 0.0614. The summed E-state index contributed by atoms with van der Waals surface area (Å²) >= 11 is 0. The van der Waals surface area contributed by atoms with Crippen LogP contribution in [0.5, 0.6) is 5.75 Å². The number of phenols is 1. The summed E-state index contributed by atoms with van der Waals surface area (Å²) in [6, 6.07) is 4.93. The number of aromatic hydroxyl groups is 1. The van der Waals surface area contributed by atoms with Crippen molar-refractivity contribution in [3.05, 3.63) is 29.3 Å². The third-order valence-corrected chi connectivity index (χ3v) is 4.26. The molecule has 0 bridgehead atoms. The van der Waals surface area contributed by atoms with Gasteiger partial charge in [-0.05, 0) is 25.5 Å². The Bertz CT molecular complexity index is 460. The quantitative estimate of drug-likeness (QED) is 0.260. The van der Waals surface area contributed by atoms with E-state index in [4.69, 9.17) is 4.74 Å². The smallest absolute Gasteiger partial charge is 0.338 e. The van der Waals surface area contributed by atoms with Crippen molar-refractivity contribution in [2.45, 2.75) is 78.1 Å². The van der Waals surface area contributed by atoms with Crippen LogP contribution in [0.15, 0.2) is 18.2 Å². The molecule has 4 heteroatoms. The van der Waals surface area contributed by atoms with Crippen LogP contribution in [0.3, 0.4) is 0 Å². The molecule has 24 heavy (non-hydrogen) atoms. The molecule has 132 valence electrons. The van der Waals surface area contributed by atoms with E-state index in [2.05, 4.69) is 6.92 Å². The summed E-state index contributed by atoms with van der Waals surface area (Å²) in [6.07, 6.45) is 12.6. The Morgan fingerprint density at radius 3 is 2.08 bits per heavy atom. The van der Waals surface area contributed by atoms with E-state index in [1.165, 1.54) is 51.4 Å². The Labute approximate surface area is 187 Å². The van der Waals surface area contributed by atoms with Crippen molar-refractivity contribution in [2.24, 2.45) is 0 Å². The number of rotatable bonds is 12. The van der Waals surface area contributed by atoms with Gasteiger partial charge in [-0.2, -0.15) is 0 Å². The van der Waals surface area contributed by atoms with E-state index in [0.29, 0.717) is 17.7 Å². The maximum absolute atomic E-state index is 11.9. The van der Waals surface area contributed by atoms with Crippen LogP contribution in [-0.2, 0) is 4.74 Å². The van der Waals surface area contributed by atoms with E-state index in [1.54, 1.807) is 25.1 Å². The first kappa shape index (κ1) is 24.1. The minimum atomic E-state index is -0.339. The molecule has 0 aliphatic carbocycles. The molecule has 2 radical (unpaired) electrons. The predicted molar refractivity (Wildman–Crippen MR) is 101 cm³/mol. The van der Waals surface area contributed by atoms with Crippen LogP contribution in [0.1, 0.15) is 87.1 Å². The molecule has 1 aromatic carbocycles. The summed E-state index contributed by atoms with van der Waals surface area (Å²) < 4.78 is 5.29. The number of unbranched alkanes of at least 4 members (excludes halogenated alkanes) is 9. The molecular formula is C20H32BaO3. The Morgan fingerprint density at radius 1 is 0.958 bits per heavy atom. The van der Waals surface area contributed by atoms with Crippen LogP contribution in [0.25, 0.3) is 0 Å². The molecule has 0 unspecified atom stereocenters. The summed E-state index contributed by atoms with van der Waals surface area (Å²) in [5.41, 5.74) is 1.04. The van der Waals surface area contributed by atoms with Crippen LogP contribution >= 0.6 is 0 Å². The minimum absolute atomic E-state index is 0. The number of hydrogen-bond donors (Lipinski definition) is 1. The zero-order chi connectivity index (χ0) is 16.9. The maximum atomic E-state index is 11.9. The van der Waals surface area contributed by atoms with Crippen LogP contribution < -0.4 is 0 Å². The van der Waals surface area contributed by atoms with Gasteiger partial charge in [0.2, 0.25) is 0 Å². The first-order valence-corrected chi connectivity index (χ1v) is 9.12. The molecule has 0 saturated heterocycles. The van der Waals surface area contributed by atoms with Crippen molar-refractivity contribution in [1.82, 2.24) is 0 Å². The van der Waals surface area contributed by atoms with Gasteiger partial charge in [0.05, 0.1) is 12.2 Å². The van der Waals surface area contributed by atoms with E-state index in [9.17, 15) is 9.90 Å². The van der Waals surface area contributed by atoms with Gasteiger partial charge in [-0.25, -0.2) is 4.79 Å². The molecule has 1 N–H and O–H groups in total. The summed E-state index contributed by atoms with van der Waals surface area (Å²) in [5, 5.41) is 9.60. The first-order valence-electron chi connectivity index (χ1n) is 9.12. The fourth-order valence-electron chi connectivity index (χ4n) is 2.68. The van der Waals surface area contributed by atoms with Gasteiger partial charge in [-0.1, -0.05) is 70.8 Å². The van der Waals surface area contributed by atoms with Gasteiger partial charge in [0.25, 0.3) is 0 Å². The number of esters is 1. The number of hydrogen-bond acceptors (Lipinski definition) is 3. The van der Waals surface area contributed by atoms with Crippen LogP contribution in [-0.4, -0.2) is 66.6 Å². The summed E-state index contributed by atoms with van der Waals surface area (Å²) in [4.78, 5) is 11.9. The van der Waals surface area contributed by atoms with Crippen molar-refractivity contribution in [3.63, 3.8) is 0 Å². The molecular weight excluding hydrogens is 426 g/mol. The maximum Gasteiger partial charge on any atom is 0.338 e. The topological polar surface area (TPSA) is 46.5 Å². The molecule has 0 aliphatic rings. The van der Waals surface area contributed by atoms with Gasteiger partial charge in [-0.3, -0.25) is 0 Å². The third-order valence-electron chi connectivity index (χ3n) is 4.26. The van der Waals surface area contributed by atoms with Crippen LogP contribution in [0.2, 0.25) is 0 Å². The van der Waals surface area contributed by atoms with Crippen molar-refractivity contribution < 1.29 is 14.6 Å². The fraction of sp³-hybridized carbons (Fsp3) is 0.650. The van der Waals surface area contributed by atoms with E-state index >= 15 is 0 Å². The first-order chi connectivity index (χ1) is 11.2. The van der Waals surface area contributed by atoms with Crippen LogP contribution in [0.4, 0.5) is 0 Å². The predicted octanol–water partition coefficient (Wildman–Crippen LogP) is 5.40. The van der Waals surface area contributed by atoms with Crippen molar-refractivity contribution in [1.29, 1.82) is 0 Å². The molecule has 0 amide bonds. The largest absolute Gasteiger partial charge is 0.508 e. The van der Waals surface area contributed by atoms with Crippen molar-refractivity contribution in [3.8, 4) is 5.75 Å². The van der Waals surface area contributed by atoms with E-state index in [0.717, 1.165) is 12.8 Å². The minimum Gasteiger partial charge on any atom is -0.508 e. The zero-order valence-corrected chi connectivity index (χ0v) is 19.9. The molecule has 3 nitrogen and oxygen atoms in total. The molecule has 1 rings (SSSR count). The number of ether oxygens (including phenoxy) is 1. The second kappa shape index (κ2) is 15.3. The Balaban J connectivity index is 0.00000529. The molecule has 0 saturated carbocycles. The molecule has 1 aromatic rings. The standard InChI is InChI=1S/C20H32O3.Ba/c1-3-4-5-6-7-8-9-10-11-12-16-23-20(22)18-14-13-15-19(21)17(18)2;/h13-15,21H,3-12,16H2,1-2H3;. The van der Waals surface area contributed by atoms with E-state index < -0.39 is 0 Å². The third kappa shape index (κ3) is 10.1. The molecule has 0 fully saturated rings. The van der Waals surface area contributed by atoms with Gasteiger partial charge < -0.3 is 9.84 Å². The van der Waals surface area contributed by atoms with Crippen molar-refractivity contribution >= 4 is 54.9 Å². The monoisotopic (exact) mass is 458 g/mol. The van der Waals surface area contributed by atoms with Gasteiger partial charge in [-0.15, -0.1) is 0 Å². The van der Waals surface area contributed by atoms with Gasteiger partial charge in [0, 0.05) is 54.4 Å². The molecule has 0 spiro atoms. The number of carbonyl (C=O) groups excluding carboxylic acids is 1. The van der Waals surface area contributed by atoms with E-state index in [-0.39, 0.29) is 60.6 Å². The molecule has 0 heterocycles. The number of phenolic OH excluding ortho intramolecular Hbond substituents is 1. The Kier molecular flexibility index (Phi) is 15.4. The normalized spacial score (nSPS) is 10.2. The van der Waals surface area contributed by atoms with E-state index in [1.807, 2.05) is 0 Å². The second-order valence-electron chi connectivity index (χ2n) is 6.27. The average molecular weight is 458 g/mol. The SMILES string of the molecule is CCCCCCCCCCCCOC(=O)c1cccc(O)c1C.[Ba]. The average Bonchev–Trinajstić information content (AvgIpc) is 2.55. The van der Waals surface area contributed by atoms with Crippen LogP contribution in [0, 0.1) is 6.92 Å². The summed E-state index contributed by atoms with van der Waals surface area (Å²) in [6.45, 7) is 4.44. The molecule has 0 aliphatic heterocycles. The second-order valence-corrected chi connectivity index (χ2v) is 6.27. The Morgan fingerprint density at radius 2 is 1.50 bits per heavy atom. The molecule has 0 aromatic heterocycles.